The number of rotatable bonds is 1. The molecule has 0 unspecified atom stereocenters. The molecule has 0 radical (unpaired) electrons. The zero-order valence-corrected chi connectivity index (χ0v) is 9.92. The number of amides is 1. The van der Waals surface area contributed by atoms with E-state index in [1.165, 1.54) is 6.08 Å². The third kappa shape index (κ3) is 1.69. The van der Waals surface area contributed by atoms with Crippen LogP contribution in [0.4, 0.5) is 0 Å². The molecule has 0 N–H and O–H groups in total. The molecule has 0 atom stereocenters. The highest BCUT2D eigenvalue weighted by atomic mass is 16.2. The van der Waals surface area contributed by atoms with Crippen LogP contribution in [0.3, 0.4) is 0 Å². The number of carbonyl (C=O) groups is 1. The fourth-order valence-electron chi connectivity index (χ4n) is 2.49. The minimum Gasteiger partial charge on any atom is -0.338 e. The van der Waals surface area contributed by atoms with Gasteiger partial charge in [-0.05, 0) is 26.8 Å². The highest BCUT2D eigenvalue weighted by Gasteiger charge is 2.54. The lowest BCUT2D eigenvalue weighted by Gasteiger charge is -2.63. The fraction of sp³-hybridized carbons (Fsp3) is 0.750. The van der Waals surface area contributed by atoms with Crippen molar-refractivity contribution < 1.29 is 4.79 Å². The Kier molecular flexibility index (Phi) is 2.19. The molecular weight excluding hydrogens is 188 g/mol. The minimum absolute atomic E-state index is 0.0785. The first-order valence-electron chi connectivity index (χ1n) is 5.53. The lowest BCUT2D eigenvalue weighted by atomic mass is 9.71. The standard InChI is InChI=1S/C12H20N2O/c1-5-10(15)13-6-12(7-13)8-14(9-12)11(2,3)4/h5H,1,6-9H2,2-4H3. The van der Waals surface area contributed by atoms with Crippen molar-refractivity contribution in [2.75, 3.05) is 26.2 Å². The number of carbonyl (C=O) groups excluding carboxylic acids is 1. The lowest BCUT2D eigenvalue weighted by Crippen LogP contribution is -2.75. The van der Waals surface area contributed by atoms with Crippen LogP contribution in [0.15, 0.2) is 12.7 Å². The van der Waals surface area contributed by atoms with Gasteiger partial charge < -0.3 is 4.90 Å². The van der Waals surface area contributed by atoms with Crippen LogP contribution in [0.5, 0.6) is 0 Å². The van der Waals surface area contributed by atoms with Crippen LogP contribution in [0.2, 0.25) is 0 Å². The van der Waals surface area contributed by atoms with E-state index in [4.69, 9.17) is 0 Å². The number of hydrogen-bond acceptors (Lipinski definition) is 2. The molecule has 2 fully saturated rings. The van der Waals surface area contributed by atoms with Crippen molar-refractivity contribution >= 4 is 5.91 Å². The first-order valence-corrected chi connectivity index (χ1v) is 5.53. The van der Waals surface area contributed by atoms with Gasteiger partial charge in [-0.2, -0.15) is 0 Å². The Hall–Kier alpha value is -0.830. The maximum absolute atomic E-state index is 11.3. The van der Waals surface area contributed by atoms with E-state index in [-0.39, 0.29) is 11.4 Å². The van der Waals surface area contributed by atoms with E-state index in [1.54, 1.807) is 0 Å². The van der Waals surface area contributed by atoms with Gasteiger partial charge in [0.1, 0.15) is 0 Å². The van der Waals surface area contributed by atoms with E-state index in [9.17, 15) is 4.79 Å². The quantitative estimate of drug-likeness (QED) is 0.603. The lowest BCUT2D eigenvalue weighted by molar-refractivity contribution is -0.164. The molecule has 0 aromatic heterocycles. The van der Waals surface area contributed by atoms with Gasteiger partial charge in [0.2, 0.25) is 5.91 Å². The van der Waals surface area contributed by atoms with Crippen LogP contribution in [0.1, 0.15) is 20.8 Å². The second-order valence-electron chi connectivity index (χ2n) is 5.93. The van der Waals surface area contributed by atoms with Gasteiger partial charge in [-0.25, -0.2) is 0 Å². The summed E-state index contributed by atoms with van der Waals surface area (Å²) in [4.78, 5) is 15.7. The Balaban J connectivity index is 1.82. The van der Waals surface area contributed by atoms with Crippen molar-refractivity contribution in [3.63, 3.8) is 0 Å². The summed E-state index contributed by atoms with van der Waals surface area (Å²) in [5, 5.41) is 0. The molecule has 2 saturated heterocycles. The SMILES string of the molecule is C=CC(=O)N1CC2(C1)CN(C(C)(C)C)C2. The van der Waals surface area contributed by atoms with Gasteiger partial charge >= 0.3 is 0 Å². The van der Waals surface area contributed by atoms with Crippen molar-refractivity contribution in [3.8, 4) is 0 Å². The van der Waals surface area contributed by atoms with Crippen molar-refractivity contribution in [2.24, 2.45) is 5.41 Å². The van der Waals surface area contributed by atoms with E-state index < -0.39 is 0 Å². The van der Waals surface area contributed by atoms with Gasteiger partial charge in [-0.1, -0.05) is 6.58 Å². The van der Waals surface area contributed by atoms with E-state index in [2.05, 4.69) is 32.3 Å². The molecule has 1 amide bonds. The summed E-state index contributed by atoms with van der Waals surface area (Å²) in [6.45, 7) is 14.3. The van der Waals surface area contributed by atoms with Gasteiger partial charge in [0.05, 0.1) is 0 Å². The van der Waals surface area contributed by atoms with E-state index in [1.807, 2.05) is 4.90 Å². The normalized spacial score (nSPS) is 24.6. The first kappa shape index (κ1) is 10.7. The molecule has 2 heterocycles. The first-order chi connectivity index (χ1) is 6.86. The summed E-state index contributed by atoms with van der Waals surface area (Å²) in [5.41, 5.74) is 0.681. The average molecular weight is 208 g/mol. The second-order valence-corrected chi connectivity index (χ2v) is 5.93. The maximum atomic E-state index is 11.3. The van der Waals surface area contributed by atoms with Gasteiger partial charge in [-0.15, -0.1) is 0 Å². The fourth-order valence-corrected chi connectivity index (χ4v) is 2.49. The highest BCUT2D eigenvalue weighted by molar-refractivity contribution is 5.87. The van der Waals surface area contributed by atoms with Crippen LogP contribution >= 0.6 is 0 Å². The van der Waals surface area contributed by atoms with Crippen molar-refractivity contribution in [2.45, 2.75) is 26.3 Å². The van der Waals surface area contributed by atoms with Gasteiger partial charge in [0.25, 0.3) is 0 Å². The molecule has 3 nitrogen and oxygen atoms in total. The zero-order chi connectivity index (χ0) is 11.3. The molecule has 0 aromatic carbocycles. The van der Waals surface area contributed by atoms with E-state index >= 15 is 0 Å². The van der Waals surface area contributed by atoms with Crippen LogP contribution < -0.4 is 0 Å². The summed E-state index contributed by atoms with van der Waals surface area (Å²) >= 11 is 0. The molecule has 15 heavy (non-hydrogen) atoms. The summed E-state index contributed by atoms with van der Waals surface area (Å²) in [6.07, 6.45) is 1.41. The molecule has 2 aliphatic rings. The van der Waals surface area contributed by atoms with Crippen molar-refractivity contribution in [1.82, 2.24) is 9.80 Å². The maximum Gasteiger partial charge on any atom is 0.245 e. The third-order valence-corrected chi connectivity index (χ3v) is 3.54. The Bertz CT molecular complexity index is 289. The minimum atomic E-state index is 0.0785. The molecular formula is C12H20N2O. The molecule has 3 heteroatoms. The monoisotopic (exact) mass is 208 g/mol. The smallest absolute Gasteiger partial charge is 0.245 e. The van der Waals surface area contributed by atoms with E-state index in [0.717, 1.165) is 26.2 Å². The van der Waals surface area contributed by atoms with Crippen LogP contribution in [0, 0.1) is 5.41 Å². The summed E-state index contributed by atoms with van der Waals surface area (Å²) in [6, 6.07) is 0. The van der Waals surface area contributed by atoms with Crippen LogP contribution in [-0.2, 0) is 4.79 Å². The molecule has 84 valence electrons. The highest BCUT2D eigenvalue weighted by Crippen LogP contribution is 2.42. The Labute approximate surface area is 91.7 Å². The molecule has 2 aliphatic heterocycles. The Morgan fingerprint density at radius 1 is 1.27 bits per heavy atom. The van der Waals surface area contributed by atoms with Gasteiger partial charge in [0, 0.05) is 37.1 Å². The molecule has 2 rings (SSSR count). The van der Waals surface area contributed by atoms with Gasteiger partial charge in [-0.3, -0.25) is 9.69 Å². The predicted octanol–water partition coefficient (Wildman–Crippen LogP) is 1.12. The average Bonchev–Trinajstić information content (AvgIpc) is 1.95. The topological polar surface area (TPSA) is 23.6 Å². The number of nitrogens with zero attached hydrogens (tertiary/aromatic N) is 2. The molecule has 0 bridgehead atoms. The molecule has 1 spiro atoms. The molecule has 0 aromatic rings. The van der Waals surface area contributed by atoms with Crippen LogP contribution in [0.25, 0.3) is 0 Å². The third-order valence-electron chi connectivity index (χ3n) is 3.54. The summed E-state index contributed by atoms with van der Waals surface area (Å²) in [5.74, 6) is 0.0785. The van der Waals surface area contributed by atoms with Gasteiger partial charge in [0.15, 0.2) is 0 Å². The number of likely N-dealkylation sites (tertiary alicyclic amines) is 2. The van der Waals surface area contributed by atoms with Crippen molar-refractivity contribution in [1.29, 1.82) is 0 Å². The van der Waals surface area contributed by atoms with Crippen molar-refractivity contribution in [3.05, 3.63) is 12.7 Å². The Morgan fingerprint density at radius 2 is 1.80 bits per heavy atom. The summed E-state index contributed by atoms with van der Waals surface area (Å²) in [7, 11) is 0. The number of hydrogen-bond donors (Lipinski definition) is 0. The second kappa shape index (κ2) is 3.08. The largest absolute Gasteiger partial charge is 0.338 e. The predicted molar refractivity (Wildman–Crippen MR) is 60.5 cm³/mol. The Morgan fingerprint density at radius 3 is 2.20 bits per heavy atom. The zero-order valence-electron chi connectivity index (χ0n) is 9.92. The summed E-state index contributed by atoms with van der Waals surface area (Å²) < 4.78 is 0. The molecule has 0 saturated carbocycles. The molecule has 0 aliphatic carbocycles. The van der Waals surface area contributed by atoms with Crippen LogP contribution in [-0.4, -0.2) is 47.4 Å². The van der Waals surface area contributed by atoms with E-state index in [0.29, 0.717) is 5.41 Å².